The summed E-state index contributed by atoms with van der Waals surface area (Å²) in [6.45, 7) is 3.49. The second kappa shape index (κ2) is 6.31. The minimum Gasteiger partial charge on any atom is -0.337 e. The van der Waals surface area contributed by atoms with Gasteiger partial charge in [-0.2, -0.15) is 0 Å². The van der Waals surface area contributed by atoms with Crippen LogP contribution in [0, 0.1) is 6.92 Å². The molecule has 0 saturated carbocycles. The Bertz CT molecular complexity index is 925. The molecule has 0 aliphatic carbocycles. The van der Waals surface area contributed by atoms with Gasteiger partial charge in [0.1, 0.15) is 11.5 Å². The molecule has 25 heavy (non-hydrogen) atoms. The number of piperidine rings is 1. The lowest BCUT2D eigenvalue weighted by atomic mass is 9.96. The summed E-state index contributed by atoms with van der Waals surface area (Å²) in [5.41, 5.74) is 1.58. The van der Waals surface area contributed by atoms with Crippen molar-refractivity contribution in [2.24, 2.45) is 7.05 Å². The fourth-order valence-corrected chi connectivity index (χ4v) is 3.83. The van der Waals surface area contributed by atoms with Crippen molar-refractivity contribution in [3.05, 3.63) is 59.9 Å². The van der Waals surface area contributed by atoms with Gasteiger partial charge in [-0.15, -0.1) is 0 Å². The van der Waals surface area contributed by atoms with Crippen LogP contribution >= 0.6 is 0 Å². The van der Waals surface area contributed by atoms with Crippen molar-refractivity contribution >= 4 is 16.7 Å². The minimum absolute atomic E-state index is 0.0208. The van der Waals surface area contributed by atoms with Gasteiger partial charge in [-0.1, -0.05) is 24.3 Å². The number of hydrogen-bond donors (Lipinski definition) is 0. The van der Waals surface area contributed by atoms with Crippen LogP contribution in [0.4, 0.5) is 0 Å². The maximum atomic E-state index is 13.1. The van der Waals surface area contributed by atoms with Crippen molar-refractivity contribution in [1.82, 2.24) is 19.4 Å². The van der Waals surface area contributed by atoms with Gasteiger partial charge < -0.3 is 9.47 Å². The van der Waals surface area contributed by atoms with Crippen LogP contribution in [0.25, 0.3) is 10.8 Å². The Morgan fingerprint density at radius 2 is 2.08 bits per heavy atom. The van der Waals surface area contributed by atoms with Gasteiger partial charge in [-0.25, -0.2) is 4.98 Å². The van der Waals surface area contributed by atoms with Crippen molar-refractivity contribution in [1.29, 1.82) is 0 Å². The fraction of sp³-hybridized carbons (Fsp3) is 0.350. The molecule has 5 nitrogen and oxygen atoms in total. The lowest BCUT2D eigenvalue weighted by Crippen LogP contribution is -2.40. The highest BCUT2D eigenvalue weighted by atomic mass is 16.2. The number of amides is 1. The van der Waals surface area contributed by atoms with Gasteiger partial charge in [0.05, 0.1) is 5.69 Å². The van der Waals surface area contributed by atoms with Gasteiger partial charge in [-0.3, -0.25) is 9.78 Å². The van der Waals surface area contributed by atoms with Crippen LogP contribution in [0.15, 0.2) is 42.7 Å². The monoisotopic (exact) mass is 334 g/mol. The van der Waals surface area contributed by atoms with Gasteiger partial charge in [0.15, 0.2) is 0 Å². The molecular weight excluding hydrogens is 312 g/mol. The van der Waals surface area contributed by atoms with E-state index in [1.165, 1.54) is 0 Å². The molecule has 1 aliphatic rings. The van der Waals surface area contributed by atoms with Crippen LogP contribution in [0.1, 0.15) is 40.8 Å². The fourth-order valence-electron chi connectivity index (χ4n) is 3.83. The molecule has 0 radical (unpaired) electrons. The number of imidazole rings is 1. The summed E-state index contributed by atoms with van der Waals surface area (Å²) in [5, 5.41) is 1.97. The number of fused-ring (bicyclic) bond motifs is 1. The summed E-state index contributed by atoms with van der Waals surface area (Å²) in [7, 11) is 2.03. The third-order valence-corrected chi connectivity index (χ3v) is 4.98. The molecule has 5 heteroatoms. The highest BCUT2D eigenvalue weighted by Crippen LogP contribution is 2.28. The van der Waals surface area contributed by atoms with Crippen molar-refractivity contribution in [2.75, 3.05) is 13.1 Å². The van der Waals surface area contributed by atoms with E-state index in [0.717, 1.165) is 41.7 Å². The predicted octanol–water partition coefficient (Wildman–Crippen LogP) is 3.30. The molecule has 1 aromatic carbocycles. The van der Waals surface area contributed by atoms with Crippen molar-refractivity contribution in [2.45, 2.75) is 25.7 Å². The number of hydrogen-bond acceptors (Lipinski definition) is 3. The Kier molecular flexibility index (Phi) is 3.99. The minimum atomic E-state index is 0.0208. The van der Waals surface area contributed by atoms with Gasteiger partial charge in [0.2, 0.25) is 0 Å². The van der Waals surface area contributed by atoms with Crippen LogP contribution in [0.2, 0.25) is 0 Å². The Balaban J connectivity index is 1.62. The topological polar surface area (TPSA) is 51.0 Å². The smallest absolute Gasteiger partial charge is 0.273 e. The Morgan fingerprint density at radius 1 is 1.24 bits per heavy atom. The van der Waals surface area contributed by atoms with Crippen LogP contribution in [0.3, 0.4) is 0 Å². The summed E-state index contributed by atoms with van der Waals surface area (Å²) in [6, 6.07) is 9.87. The standard InChI is InChI=1S/C20H22N4O/c1-14-12-23(2)19(22-14)16-7-5-11-24(13-16)20(25)18-17-8-4-3-6-15(17)9-10-21-18/h3-4,6,8-10,12,16H,5,7,11,13H2,1-2H3/t16-/m1/s1. The number of pyridine rings is 1. The molecule has 0 unspecified atom stereocenters. The molecule has 3 aromatic rings. The number of rotatable bonds is 2. The molecule has 0 bridgehead atoms. The lowest BCUT2D eigenvalue weighted by molar-refractivity contribution is 0.0700. The van der Waals surface area contributed by atoms with Gasteiger partial charge in [0, 0.05) is 43.8 Å². The normalized spacial score (nSPS) is 17.8. The first-order valence-corrected chi connectivity index (χ1v) is 8.76. The summed E-state index contributed by atoms with van der Waals surface area (Å²) in [6.07, 6.45) is 5.82. The van der Waals surface area contributed by atoms with E-state index in [0.29, 0.717) is 12.2 Å². The van der Waals surface area contributed by atoms with E-state index in [1.54, 1.807) is 6.20 Å². The quantitative estimate of drug-likeness (QED) is 0.722. The zero-order valence-corrected chi connectivity index (χ0v) is 14.6. The maximum Gasteiger partial charge on any atom is 0.273 e. The number of carbonyl (C=O) groups excluding carboxylic acids is 1. The number of aryl methyl sites for hydroxylation is 2. The van der Waals surface area contributed by atoms with E-state index in [2.05, 4.69) is 14.5 Å². The molecule has 4 rings (SSSR count). The molecule has 3 heterocycles. The Labute approximate surface area is 147 Å². The molecule has 0 N–H and O–H groups in total. The van der Waals surface area contributed by atoms with E-state index in [-0.39, 0.29) is 11.8 Å². The number of benzene rings is 1. The molecule has 1 aliphatic heterocycles. The highest BCUT2D eigenvalue weighted by molar-refractivity contribution is 6.05. The summed E-state index contributed by atoms with van der Waals surface area (Å²) < 4.78 is 2.09. The zero-order valence-electron chi connectivity index (χ0n) is 14.6. The lowest BCUT2D eigenvalue weighted by Gasteiger charge is -2.32. The molecule has 1 amide bonds. The van der Waals surface area contributed by atoms with E-state index >= 15 is 0 Å². The second-order valence-corrected chi connectivity index (χ2v) is 6.82. The van der Waals surface area contributed by atoms with Crippen LogP contribution in [-0.2, 0) is 7.05 Å². The van der Waals surface area contributed by atoms with Crippen LogP contribution in [-0.4, -0.2) is 38.4 Å². The largest absolute Gasteiger partial charge is 0.337 e. The molecule has 1 fully saturated rings. The average Bonchev–Trinajstić information content (AvgIpc) is 2.99. The Morgan fingerprint density at radius 3 is 2.88 bits per heavy atom. The van der Waals surface area contributed by atoms with E-state index in [1.807, 2.05) is 55.4 Å². The van der Waals surface area contributed by atoms with Gasteiger partial charge >= 0.3 is 0 Å². The van der Waals surface area contributed by atoms with Crippen molar-refractivity contribution in [3.63, 3.8) is 0 Å². The average molecular weight is 334 g/mol. The third kappa shape index (κ3) is 2.90. The molecule has 2 aromatic heterocycles. The molecular formula is C20H22N4O. The number of nitrogens with zero attached hydrogens (tertiary/aromatic N) is 4. The summed E-state index contributed by atoms with van der Waals surface area (Å²) in [4.78, 5) is 24.1. The third-order valence-electron chi connectivity index (χ3n) is 4.98. The second-order valence-electron chi connectivity index (χ2n) is 6.82. The number of likely N-dealkylation sites (tertiary alicyclic amines) is 1. The van der Waals surface area contributed by atoms with E-state index in [4.69, 9.17) is 0 Å². The first-order valence-electron chi connectivity index (χ1n) is 8.76. The molecule has 1 saturated heterocycles. The summed E-state index contributed by atoms with van der Waals surface area (Å²) >= 11 is 0. The van der Waals surface area contributed by atoms with E-state index < -0.39 is 0 Å². The first kappa shape index (κ1) is 15.8. The van der Waals surface area contributed by atoms with Gasteiger partial charge in [0.25, 0.3) is 5.91 Å². The zero-order chi connectivity index (χ0) is 17.4. The highest BCUT2D eigenvalue weighted by Gasteiger charge is 2.29. The van der Waals surface area contributed by atoms with Gasteiger partial charge in [-0.05, 0) is 31.2 Å². The van der Waals surface area contributed by atoms with Crippen molar-refractivity contribution in [3.8, 4) is 0 Å². The number of aromatic nitrogens is 3. The molecule has 128 valence electrons. The first-order chi connectivity index (χ1) is 12.1. The van der Waals surface area contributed by atoms with E-state index in [9.17, 15) is 4.79 Å². The molecule has 1 atom stereocenters. The number of carbonyl (C=O) groups is 1. The Hall–Kier alpha value is -2.69. The van der Waals surface area contributed by atoms with Crippen LogP contribution < -0.4 is 0 Å². The maximum absolute atomic E-state index is 13.1. The van der Waals surface area contributed by atoms with Crippen LogP contribution in [0.5, 0.6) is 0 Å². The predicted molar refractivity (Wildman–Crippen MR) is 97.6 cm³/mol. The molecule has 0 spiro atoms. The SMILES string of the molecule is Cc1cn(C)c([C@@H]2CCCN(C(=O)c3nccc4ccccc34)C2)n1. The van der Waals surface area contributed by atoms with Crippen molar-refractivity contribution < 1.29 is 4.79 Å². The summed E-state index contributed by atoms with van der Waals surface area (Å²) in [5.74, 6) is 1.37.